The summed E-state index contributed by atoms with van der Waals surface area (Å²) in [5, 5.41) is 19.8. The van der Waals surface area contributed by atoms with Gasteiger partial charge in [-0.25, -0.2) is 19.5 Å². The molecule has 0 spiro atoms. The van der Waals surface area contributed by atoms with Crippen LogP contribution in [-0.4, -0.2) is 66.2 Å². The molecule has 1 fully saturated rings. The molecular weight excluding hydrogens is 477 g/mol. The SMILES string of the molecule is O=C(CN1CC[C@H](O)C1)Nc1cc(Nc2nc(-c3cccc(C(F)(F)F)n3)nn3cccc23)ccn1. The number of alkyl halides is 3. The first-order valence-electron chi connectivity index (χ1n) is 11.1. The molecule has 36 heavy (non-hydrogen) atoms. The number of hydrogen-bond acceptors (Lipinski definition) is 8. The van der Waals surface area contributed by atoms with Crippen LogP contribution in [0.15, 0.2) is 54.9 Å². The maximum atomic E-state index is 13.1. The first kappa shape index (κ1) is 23.6. The van der Waals surface area contributed by atoms with Crippen LogP contribution in [0.5, 0.6) is 0 Å². The van der Waals surface area contributed by atoms with Crippen molar-refractivity contribution < 1.29 is 23.1 Å². The van der Waals surface area contributed by atoms with Gasteiger partial charge in [-0.15, -0.1) is 5.10 Å². The van der Waals surface area contributed by atoms with Crippen molar-refractivity contribution in [3.63, 3.8) is 0 Å². The lowest BCUT2D eigenvalue weighted by Crippen LogP contribution is -2.32. The molecule has 1 aliphatic heterocycles. The Bertz CT molecular complexity index is 1410. The molecule has 1 saturated heterocycles. The first-order valence-corrected chi connectivity index (χ1v) is 11.1. The Kier molecular flexibility index (Phi) is 6.24. The highest BCUT2D eigenvalue weighted by Gasteiger charge is 2.32. The van der Waals surface area contributed by atoms with E-state index in [1.54, 1.807) is 30.5 Å². The number of aromatic nitrogens is 5. The minimum atomic E-state index is -4.60. The molecule has 3 N–H and O–H groups in total. The summed E-state index contributed by atoms with van der Waals surface area (Å²) in [6.07, 6.45) is -1.23. The van der Waals surface area contributed by atoms with Gasteiger partial charge in [0.1, 0.15) is 22.7 Å². The molecular formula is C23H21F3N8O2. The van der Waals surface area contributed by atoms with E-state index in [4.69, 9.17) is 0 Å². The zero-order valence-electron chi connectivity index (χ0n) is 18.8. The second-order valence-corrected chi connectivity index (χ2v) is 8.31. The molecule has 1 aliphatic rings. The van der Waals surface area contributed by atoms with E-state index in [0.717, 1.165) is 6.07 Å². The lowest BCUT2D eigenvalue weighted by Gasteiger charge is -2.14. The highest BCUT2D eigenvalue weighted by molar-refractivity contribution is 5.92. The Morgan fingerprint density at radius 2 is 2.03 bits per heavy atom. The second-order valence-electron chi connectivity index (χ2n) is 8.31. The van der Waals surface area contributed by atoms with Crippen molar-refractivity contribution in [2.75, 3.05) is 30.3 Å². The highest BCUT2D eigenvalue weighted by atomic mass is 19.4. The second kappa shape index (κ2) is 9.51. The lowest BCUT2D eigenvalue weighted by atomic mass is 10.3. The number of β-amino-alcohol motifs (C(OH)–C–C–N with tert-alkyl or cyclic N) is 1. The number of halogens is 3. The average molecular weight is 498 g/mol. The van der Waals surface area contributed by atoms with Gasteiger partial charge in [-0.05, 0) is 36.8 Å². The van der Waals surface area contributed by atoms with Crippen molar-refractivity contribution in [3.05, 3.63) is 60.6 Å². The lowest BCUT2D eigenvalue weighted by molar-refractivity contribution is -0.141. The number of pyridine rings is 2. The van der Waals surface area contributed by atoms with E-state index >= 15 is 0 Å². The number of likely N-dealkylation sites (tertiary alicyclic amines) is 1. The van der Waals surface area contributed by atoms with Crippen LogP contribution >= 0.6 is 0 Å². The van der Waals surface area contributed by atoms with E-state index in [-0.39, 0.29) is 24.0 Å². The maximum absolute atomic E-state index is 13.1. The fourth-order valence-electron chi connectivity index (χ4n) is 3.91. The van der Waals surface area contributed by atoms with Crippen LogP contribution in [0.1, 0.15) is 12.1 Å². The van der Waals surface area contributed by atoms with Gasteiger partial charge in [0.05, 0.1) is 12.6 Å². The smallest absolute Gasteiger partial charge is 0.392 e. The molecule has 10 nitrogen and oxygen atoms in total. The van der Waals surface area contributed by atoms with Crippen LogP contribution < -0.4 is 10.6 Å². The molecule has 4 aromatic heterocycles. The Morgan fingerprint density at radius 3 is 2.81 bits per heavy atom. The maximum Gasteiger partial charge on any atom is 0.433 e. The molecule has 0 aromatic carbocycles. The van der Waals surface area contributed by atoms with Crippen molar-refractivity contribution in [1.29, 1.82) is 0 Å². The summed E-state index contributed by atoms with van der Waals surface area (Å²) in [7, 11) is 0. The monoisotopic (exact) mass is 498 g/mol. The minimum absolute atomic E-state index is 0.00248. The third-order valence-corrected chi connectivity index (χ3v) is 5.56. The summed E-state index contributed by atoms with van der Waals surface area (Å²) < 4.78 is 40.9. The summed E-state index contributed by atoms with van der Waals surface area (Å²) in [6, 6.07) is 10.3. The van der Waals surface area contributed by atoms with Crippen LogP contribution in [-0.2, 0) is 11.0 Å². The topological polar surface area (TPSA) is 121 Å². The quantitative estimate of drug-likeness (QED) is 0.371. The van der Waals surface area contributed by atoms with Gasteiger partial charge >= 0.3 is 6.18 Å². The van der Waals surface area contributed by atoms with Gasteiger partial charge in [0, 0.05) is 37.2 Å². The number of rotatable bonds is 6. The highest BCUT2D eigenvalue weighted by Crippen LogP contribution is 2.29. The van der Waals surface area contributed by atoms with Crippen LogP contribution in [0.3, 0.4) is 0 Å². The van der Waals surface area contributed by atoms with E-state index in [2.05, 4.69) is 30.7 Å². The Labute approximate surface area is 202 Å². The van der Waals surface area contributed by atoms with Crippen molar-refractivity contribution in [1.82, 2.24) is 29.5 Å². The van der Waals surface area contributed by atoms with E-state index < -0.39 is 18.0 Å². The third-order valence-electron chi connectivity index (χ3n) is 5.56. The molecule has 13 heteroatoms. The average Bonchev–Trinajstić information content (AvgIpc) is 3.47. The van der Waals surface area contributed by atoms with Crippen molar-refractivity contribution in [3.8, 4) is 11.5 Å². The van der Waals surface area contributed by atoms with Crippen LogP contribution in [0.25, 0.3) is 17.0 Å². The van der Waals surface area contributed by atoms with Crippen molar-refractivity contribution in [2.45, 2.75) is 18.7 Å². The third kappa shape index (κ3) is 5.26. The minimum Gasteiger partial charge on any atom is -0.392 e. The molecule has 0 saturated carbocycles. The number of aliphatic hydroxyl groups excluding tert-OH is 1. The van der Waals surface area contributed by atoms with Gasteiger partial charge in [0.25, 0.3) is 0 Å². The van der Waals surface area contributed by atoms with E-state index in [1.165, 1.54) is 22.8 Å². The molecule has 0 bridgehead atoms. The molecule has 186 valence electrons. The molecule has 5 heterocycles. The van der Waals surface area contributed by atoms with E-state index in [1.807, 2.05) is 4.90 Å². The van der Waals surface area contributed by atoms with Crippen LogP contribution in [0.4, 0.5) is 30.5 Å². The van der Waals surface area contributed by atoms with Crippen LogP contribution in [0.2, 0.25) is 0 Å². The number of anilines is 3. The number of hydrogen-bond donors (Lipinski definition) is 3. The summed E-state index contributed by atoms with van der Waals surface area (Å²) >= 11 is 0. The Balaban J connectivity index is 1.38. The zero-order valence-corrected chi connectivity index (χ0v) is 18.8. The summed E-state index contributed by atoms with van der Waals surface area (Å²) in [6.45, 7) is 1.24. The zero-order chi connectivity index (χ0) is 25.3. The molecule has 1 amide bonds. The number of amides is 1. The number of nitrogens with zero attached hydrogens (tertiary/aromatic N) is 6. The number of carbonyl (C=O) groups excluding carboxylic acids is 1. The number of fused-ring (bicyclic) bond motifs is 1. The predicted octanol–water partition coefficient (Wildman–Crippen LogP) is 2.95. The number of aliphatic hydroxyl groups is 1. The summed E-state index contributed by atoms with van der Waals surface area (Å²) in [5.41, 5.74) is 0.0595. The van der Waals surface area contributed by atoms with Crippen molar-refractivity contribution >= 4 is 28.7 Å². The largest absolute Gasteiger partial charge is 0.433 e. The number of carbonyl (C=O) groups is 1. The standard InChI is InChI=1S/C23H21F3N8O2/c24-23(25,26)18-5-1-3-16(29-18)21-31-22(17-4-2-9-34(17)32-21)28-14-6-8-27-19(11-14)30-20(36)13-33-10-7-15(35)12-33/h1-6,8-9,11,15,35H,7,10,12-13H2,(H2,27,28,30,31,32,36)/t15-/m0/s1. The van der Waals surface area contributed by atoms with Gasteiger partial charge in [-0.1, -0.05) is 6.07 Å². The summed E-state index contributed by atoms with van der Waals surface area (Å²) in [5.74, 6) is 0.383. The first-order chi connectivity index (χ1) is 17.2. The molecule has 4 aromatic rings. The Hall–Kier alpha value is -4.10. The van der Waals surface area contributed by atoms with Gasteiger partial charge in [0.2, 0.25) is 11.7 Å². The van der Waals surface area contributed by atoms with Gasteiger partial charge < -0.3 is 15.7 Å². The van der Waals surface area contributed by atoms with E-state index in [0.29, 0.717) is 42.4 Å². The van der Waals surface area contributed by atoms with Gasteiger partial charge in [-0.3, -0.25) is 9.69 Å². The van der Waals surface area contributed by atoms with E-state index in [9.17, 15) is 23.1 Å². The fourth-order valence-corrected chi connectivity index (χ4v) is 3.91. The fraction of sp³-hybridized carbons (Fsp3) is 0.261. The molecule has 5 rings (SSSR count). The van der Waals surface area contributed by atoms with Crippen molar-refractivity contribution in [2.24, 2.45) is 0 Å². The molecule has 1 atom stereocenters. The van der Waals surface area contributed by atoms with Gasteiger partial charge in [-0.2, -0.15) is 13.2 Å². The predicted molar refractivity (Wildman–Crippen MR) is 124 cm³/mol. The van der Waals surface area contributed by atoms with Gasteiger partial charge in [0.15, 0.2) is 5.82 Å². The molecule has 0 aliphatic carbocycles. The van der Waals surface area contributed by atoms with Crippen LogP contribution in [0, 0.1) is 0 Å². The summed E-state index contributed by atoms with van der Waals surface area (Å²) in [4.78, 5) is 26.5. The molecule has 0 unspecified atom stereocenters. The normalized spacial score (nSPS) is 16.4. The Morgan fingerprint density at radius 1 is 1.17 bits per heavy atom. The number of nitrogens with one attached hydrogen (secondary N) is 2. The molecule has 0 radical (unpaired) electrons.